The summed E-state index contributed by atoms with van der Waals surface area (Å²) < 4.78 is 42.2. The highest BCUT2D eigenvalue weighted by atomic mass is 19.4. The summed E-state index contributed by atoms with van der Waals surface area (Å²) in [5, 5.41) is 12.9. The molecule has 0 aromatic heterocycles. The molecule has 0 unspecified atom stereocenters. The SMILES string of the molecule is CC(=N)/C(NC(=O)COC(C)=O)=C(/C)Nc1ccc(C(F)(F)F)cc1. The number of amides is 1. The van der Waals surface area contributed by atoms with Gasteiger partial charge in [-0.3, -0.25) is 9.59 Å². The van der Waals surface area contributed by atoms with Crippen molar-refractivity contribution in [2.75, 3.05) is 11.9 Å². The van der Waals surface area contributed by atoms with Gasteiger partial charge in [0.15, 0.2) is 6.61 Å². The van der Waals surface area contributed by atoms with Crippen LogP contribution in [-0.4, -0.2) is 24.2 Å². The summed E-state index contributed by atoms with van der Waals surface area (Å²) in [6.07, 6.45) is -4.43. The highest BCUT2D eigenvalue weighted by Gasteiger charge is 2.29. The van der Waals surface area contributed by atoms with E-state index in [2.05, 4.69) is 15.4 Å². The second kappa shape index (κ2) is 8.32. The summed E-state index contributed by atoms with van der Waals surface area (Å²) in [5.41, 5.74) is 0.0879. The zero-order valence-corrected chi connectivity index (χ0v) is 13.9. The lowest BCUT2D eigenvalue weighted by Gasteiger charge is -2.15. The molecule has 0 saturated heterocycles. The summed E-state index contributed by atoms with van der Waals surface area (Å²) in [6.45, 7) is 3.64. The summed E-state index contributed by atoms with van der Waals surface area (Å²) in [7, 11) is 0. The summed E-state index contributed by atoms with van der Waals surface area (Å²) in [4.78, 5) is 22.4. The topological polar surface area (TPSA) is 91.3 Å². The van der Waals surface area contributed by atoms with Gasteiger partial charge in [-0.25, -0.2) is 0 Å². The lowest BCUT2D eigenvalue weighted by Crippen LogP contribution is -2.32. The molecule has 1 aromatic carbocycles. The van der Waals surface area contributed by atoms with Crippen LogP contribution in [0.1, 0.15) is 26.3 Å². The van der Waals surface area contributed by atoms with Gasteiger partial charge in [0.2, 0.25) is 0 Å². The Balaban J connectivity index is 2.89. The number of halogens is 3. The van der Waals surface area contributed by atoms with Gasteiger partial charge in [0.25, 0.3) is 5.91 Å². The molecular formula is C16H18F3N3O3. The second-order valence-electron chi connectivity index (χ2n) is 5.15. The van der Waals surface area contributed by atoms with E-state index in [4.69, 9.17) is 5.41 Å². The third-order valence-corrected chi connectivity index (χ3v) is 2.97. The van der Waals surface area contributed by atoms with E-state index < -0.39 is 30.2 Å². The number of hydrogen-bond acceptors (Lipinski definition) is 5. The zero-order valence-electron chi connectivity index (χ0n) is 13.9. The van der Waals surface area contributed by atoms with Crippen LogP contribution < -0.4 is 10.6 Å². The largest absolute Gasteiger partial charge is 0.456 e. The van der Waals surface area contributed by atoms with Gasteiger partial charge in [0.05, 0.1) is 17.0 Å². The third kappa shape index (κ3) is 6.66. The fourth-order valence-electron chi connectivity index (χ4n) is 1.83. The average Bonchev–Trinajstić information content (AvgIpc) is 2.49. The van der Waals surface area contributed by atoms with Crippen molar-refractivity contribution in [2.45, 2.75) is 26.9 Å². The number of rotatable bonds is 6. The molecular weight excluding hydrogens is 339 g/mol. The van der Waals surface area contributed by atoms with E-state index >= 15 is 0 Å². The van der Waals surface area contributed by atoms with Gasteiger partial charge >= 0.3 is 12.1 Å². The molecule has 0 bridgehead atoms. The molecule has 0 radical (unpaired) electrons. The van der Waals surface area contributed by atoms with Gasteiger partial charge in [-0.1, -0.05) is 0 Å². The minimum atomic E-state index is -4.43. The minimum absolute atomic E-state index is 0.0214. The number of hydrogen-bond donors (Lipinski definition) is 3. The van der Waals surface area contributed by atoms with Crippen molar-refractivity contribution >= 4 is 23.3 Å². The number of carbonyl (C=O) groups is 2. The van der Waals surface area contributed by atoms with Crippen LogP contribution in [0.2, 0.25) is 0 Å². The molecule has 0 aliphatic rings. The predicted octanol–water partition coefficient (Wildman–Crippen LogP) is 3.07. The van der Waals surface area contributed by atoms with Crippen LogP contribution in [0.15, 0.2) is 35.7 Å². The van der Waals surface area contributed by atoms with Crippen molar-refractivity contribution in [3.05, 3.63) is 41.2 Å². The lowest BCUT2D eigenvalue weighted by atomic mass is 10.2. The van der Waals surface area contributed by atoms with E-state index in [1.54, 1.807) is 6.92 Å². The smallest absolute Gasteiger partial charge is 0.416 e. The number of nitrogens with one attached hydrogen (secondary N) is 3. The van der Waals surface area contributed by atoms with Crippen molar-refractivity contribution in [2.24, 2.45) is 0 Å². The van der Waals surface area contributed by atoms with Crippen LogP contribution in [0.4, 0.5) is 18.9 Å². The Morgan fingerprint density at radius 2 is 1.68 bits per heavy atom. The molecule has 0 aliphatic carbocycles. The van der Waals surface area contributed by atoms with E-state index in [-0.39, 0.29) is 11.4 Å². The maximum atomic E-state index is 12.5. The second-order valence-corrected chi connectivity index (χ2v) is 5.15. The van der Waals surface area contributed by atoms with Crippen LogP contribution >= 0.6 is 0 Å². The molecule has 136 valence electrons. The number of esters is 1. The van der Waals surface area contributed by atoms with Gasteiger partial charge in [-0.2, -0.15) is 13.2 Å². The van der Waals surface area contributed by atoms with Crippen molar-refractivity contribution < 1.29 is 27.5 Å². The summed E-state index contributed by atoms with van der Waals surface area (Å²) in [6, 6.07) is 4.32. The van der Waals surface area contributed by atoms with Crippen molar-refractivity contribution in [3.63, 3.8) is 0 Å². The first kappa shape index (κ1) is 20.2. The van der Waals surface area contributed by atoms with Crippen molar-refractivity contribution in [1.82, 2.24) is 5.32 Å². The van der Waals surface area contributed by atoms with Crippen LogP contribution in [0.25, 0.3) is 0 Å². The fourth-order valence-corrected chi connectivity index (χ4v) is 1.83. The molecule has 0 atom stereocenters. The first-order valence-corrected chi connectivity index (χ1v) is 7.14. The minimum Gasteiger partial charge on any atom is -0.456 e. The van der Waals surface area contributed by atoms with Crippen LogP contribution in [-0.2, 0) is 20.5 Å². The van der Waals surface area contributed by atoms with E-state index in [0.29, 0.717) is 11.4 Å². The van der Waals surface area contributed by atoms with Gasteiger partial charge < -0.3 is 20.8 Å². The Morgan fingerprint density at radius 3 is 2.12 bits per heavy atom. The maximum absolute atomic E-state index is 12.5. The molecule has 6 nitrogen and oxygen atoms in total. The Bertz CT molecular complexity index is 695. The van der Waals surface area contributed by atoms with Gasteiger partial charge in [0, 0.05) is 18.3 Å². The Hall–Kier alpha value is -2.84. The summed E-state index contributed by atoms with van der Waals surface area (Å²) >= 11 is 0. The quantitative estimate of drug-likeness (QED) is 0.539. The average molecular weight is 357 g/mol. The molecule has 1 rings (SSSR count). The number of anilines is 1. The molecule has 0 heterocycles. The maximum Gasteiger partial charge on any atom is 0.416 e. The Kier molecular flexibility index (Phi) is 6.72. The molecule has 0 saturated carbocycles. The number of ether oxygens (including phenoxy) is 1. The predicted molar refractivity (Wildman–Crippen MR) is 85.9 cm³/mol. The van der Waals surface area contributed by atoms with Gasteiger partial charge in [-0.05, 0) is 38.1 Å². The first-order chi connectivity index (χ1) is 11.5. The zero-order chi connectivity index (χ0) is 19.2. The lowest BCUT2D eigenvalue weighted by molar-refractivity contribution is -0.146. The number of benzene rings is 1. The molecule has 0 spiro atoms. The fraction of sp³-hybridized carbons (Fsp3) is 0.312. The molecule has 1 aromatic rings. The number of alkyl halides is 3. The summed E-state index contributed by atoms with van der Waals surface area (Å²) in [5.74, 6) is -1.25. The molecule has 1 amide bonds. The van der Waals surface area contributed by atoms with Crippen molar-refractivity contribution in [3.8, 4) is 0 Å². The standard InChI is InChI=1S/C16H18F3N3O3/c1-9(20)15(22-14(24)8-25-11(3)23)10(2)21-13-6-4-12(5-7-13)16(17,18)19/h4-7,20-21H,8H2,1-3H3,(H,22,24)/b15-10+,20-9?. The van der Waals surface area contributed by atoms with Crippen LogP contribution in [0.5, 0.6) is 0 Å². The molecule has 25 heavy (non-hydrogen) atoms. The molecule has 3 N–H and O–H groups in total. The van der Waals surface area contributed by atoms with Crippen LogP contribution in [0.3, 0.4) is 0 Å². The molecule has 0 fully saturated rings. The molecule has 0 aliphatic heterocycles. The van der Waals surface area contributed by atoms with Gasteiger partial charge in [-0.15, -0.1) is 0 Å². The van der Waals surface area contributed by atoms with E-state index in [9.17, 15) is 22.8 Å². The Labute approximate surface area is 142 Å². The van der Waals surface area contributed by atoms with E-state index in [1.165, 1.54) is 19.1 Å². The first-order valence-electron chi connectivity index (χ1n) is 7.14. The van der Waals surface area contributed by atoms with Crippen molar-refractivity contribution in [1.29, 1.82) is 5.41 Å². The van der Waals surface area contributed by atoms with E-state index in [1.807, 2.05) is 0 Å². The monoisotopic (exact) mass is 357 g/mol. The number of carbonyl (C=O) groups excluding carboxylic acids is 2. The third-order valence-electron chi connectivity index (χ3n) is 2.97. The van der Waals surface area contributed by atoms with E-state index in [0.717, 1.165) is 19.1 Å². The number of allylic oxidation sites excluding steroid dienone is 2. The Morgan fingerprint density at radius 1 is 1.12 bits per heavy atom. The molecule has 9 heteroatoms. The van der Waals surface area contributed by atoms with Gasteiger partial charge in [0.1, 0.15) is 0 Å². The highest BCUT2D eigenvalue weighted by Crippen LogP contribution is 2.30. The normalized spacial score (nSPS) is 12.1. The van der Waals surface area contributed by atoms with Crippen LogP contribution in [0, 0.1) is 5.41 Å². The highest BCUT2D eigenvalue weighted by molar-refractivity contribution is 6.00.